The first-order valence-corrected chi connectivity index (χ1v) is 6.69. The highest BCUT2D eigenvalue weighted by molar-refractivity contribution is 5.34. The van der Waals surface area contributed by atoms with Gasteiger partial charge in [0.25, 0.3) is 0 Å². The molecule has 20 heavy (non-hydrogen) atoms. The standard InChI is InChI=1S/C16H20N2O2/c1-11(2)20-14-5-3-13(4-6-14)15(19)9-12-7-8-18-16(17)10-12/h3-8,10-11,15,19H,9H2,1-2H3,(H2,17,18). The molecule has 0 saturated carbocycles. The van der Waals surface area contributed by atoms with E-state index in [2.05, 4.69) is 4.98 Å². The van der Waals surface area contributed by atoms with Crippen molar-refractivity contribution in [3.8, 4) is 5.75 Å². The molecule has 1 atom stereocenters. The molecular formula is C16H20N2O2. The predicted octanol–water partition coefficient (Wildman–Crippen LogP) is 2.73. The van der Waals surface area contributed by atoms with E-state index in [1.165, 1.54) is 0 Å². The van der Waals surface area contributed by atoms with Gasteiger partial charge in [-0.05, 0) is 49.2 Å². The first kappa shape index (κ1) is 14.3. The number of nitrogen functional groups attached to an aromatic ring is 1. The number of pyridine rings is 1. The SMILES string of the molecule is CC(C)Oc1ccc(C(O)Cc2ccnc(N)c2)cc1. The number of hydrogen-bond donors (Lipinski definition) is 2. The number of aromatic nitrogens is 1. The van der Waals surface area contributed by atoms with E-state index < -0.39 is 6.10 Å². The topological polar surface area (TPSA) is 68.4 Å². The molecule has 1 aromatic heterocycles. The van der Waals surface area contributed by atoms with Gasteiger partial charge in [-0.3, -0.25) is 0 Å². The minimum atomic E-state index is -0.565. The Hall–Kier alpha value is -2.07. The molecule has 0 radical (unpaired) electrons. The van der Waals surface area contributed by atoms with Crippen LogP contribution >= 0.6 is 0 Å². The second-order valence-corrected chi connectivity index (χ2v) is 5.04. The van der Waals surface area contributed by atoms with Crippen LogP contribution in [0.4, 0.5) is 5.82 Å². The Bertz CT molecular complexity index is 553. The maximum Gasteiger partial charge on any atom is 0.123 e. The van der Waals surface area contributed by atoms with Crippen LogP contribution in [0.25, 0.3) is 0 Å². The van der Waals surface area contributed by atoms with Gasteiger partial charge in [-0.15, -0.1) is 0 Å². The molecule has 4 nitrogen and oxygen atoms in total. The molecule has 0 spiro atoms. The summed E-state index contributed by atoms with van der Waals surface area (Å²) in [6, 6.07) is 11.1. The zero-order valence-corrected chi connectivity index (χ0v) is 11.8. The molecule has 1 heterocycles. The van der Waals surface area contributed by atoms with E-state index in [-0.39, 0.29) is 6.10 Å². The summed E-state index contributed by atoms with van der Waals surface area (Å²) in [5.74, 6) is 1.28. The average molecular weight is 272 g/mol. The minimum Gasteiger partial charge on any atom is -0.491 e. The number of anilines is 1. The van der Waals surface area contributed by atoms with E-state index in [1.54, 1.807) is 12.3 Å². The number of nitrogens with two attached hydrogens (primary N) is 1. The number of aliphatic hydroxyl groups is 1. The van der Waals surface area contributed by atoms with Crippen molar-refractivity contribution in [3.05, 3.63) is 53.7 Å². The normalized spacial score (nSPS) is 12.4. The van der Waals surface area contributed by atoms with E-state index in [9.17, 15) is 5.11 Å². The maximum absolute atomic E-state index is 10.2. The second-order valence-electron chi connectivity index (χ2n) is 5.04. The van der Waals surface area contributed by atoms with Crippen LogP contribution in [0.3, 0.4) is 0 Å². The van der Waals surface area contributed by atoms with Gasteiger partial charge in [0.2, 0.25) is 0 Å². The quantitative estimate of drug-likeness (QED) is 0.878. The number of aliphatic hydroxyl groups excluding tert-OH is 1. The van der Waals surface area contributed by atoms with Crippen LogP contribution in [0.1, 0.15) is 31.1 Å². The van der Waals surface area contributed by atoms with Crippen LogP contribution in [0, 0.1) is 0 Å². The average Bonchev–Trinajstić information content (AvgIpc) is 2.38. The molecule has 2 rings (SSSR count). The number of benzene rings is 1. The van der Waals surface area contributed by atoms with E-state index in [0.29, 0.717) is 12.2 Å². The Morgan fingerprint density at radius 3 is 2.50 bits per heavy atom. The van der Waals surface area contributed by atoms with Crippen LogP contribution in [-0.2, 0) is 6.42 Å². The third kappa shape index (κ3) is 3.96. The fraction of sp³-hybridized carbons (Fsp3) is 0.312. The Labute approximate surface area is 119 Å². The van der Waals surface area contributed by atoms with E-state index in [0.717, 1.165) is 16.9 Å². The molecule has 4 heteroatoms. The lowest BCUT2D eigenvalue weighted by atomic mass is 10.0. The van der Waals surface area contributed by atoms with Crippen LogP contribution in [0.15, 0.2) is 42.6 Å². The summed E-state index contributed by atoms with van der Waals surface area (Å²) in [7, 11) is 0. The Morgan fingerprint density at radius 2 is 1.90 bits per heavy atom. The zero-order chi connectivity index (χ0) is 14.5. The van der Waals surface area contributed by atoms with Gasteiger partial charge in [-0.1, -0.05) is 12.1 Å². The van der Waals surface area contributed by atoms with Gasteiger partial charge in [0.05, 0.1) is 12.2 Å². The molecule has 106 valence electrons. The first-order chi connectivity index (χ1) is 9.54. The van der Waals surface area contributed by atoms with Crippen molar-refractivity contribution in [2.75, 3.05) is 5.73 Å². The van der Waals surface area contributed by atoms with Crippen molar-refractivity contribution >= 4 is 5.82 Å². The summed E-state index contributed by atoms with van der Waals surface area (Å²) < 4.78 is 5.58. The van der Waals surface area contributed by atoms with Crippen molar-refractivity contribution < 1.29 is 9.84 Å². The summed E-state index contributed by atoms with van der Waals surface area (Å²) in [4.78, 5) is 3.94. The van der Waals surface area contributed by atoms with E-state index in [4.69, 9.17) is 10.5 Å². The van der Waals surface area contributed by atoms with E-state index in [1.807, 2.05) is 44.2 Å². The zero-order valence-electron chi connectivity index (χ0n) is 11.8. The minimum absolute atomic E-state index is 0.144. The molecule has 1 unspecified atom stereocenters. The van der Waals surface area contributed by atoms with Gasteiger partial charge in [0, 0.05) is 12.6 Å². The largest absolute Gasteiger partial charge is 0.491 e. The lowest BCUT2D eigenvalue weighted by Crippen LogP contribution is -2.06. The molecule has 0 bridgehead atoms. The molecule has 0 saturated heterocycles. The number of rotatable bonds is 5. The van der Waals surface area contributed by atoms with Crippen LogP contribution < -0.4 is 10.5 Å². The van der Waals surface area contributed by atoms with Gasteiger partial charge in [0.1, 0.15) is 11.6 Å². The van der Waals surface area contributed by atoms with Crippen LogP contribution in [-0.4, -0.2) is 16.2 Å². The van der Waals surface area contributed by atoms with Gasteiger partial charge >= 0.3 is 0 Å². The summed E-state index contributed by atoms with van der Waals surface area (Å²) in [5.41, 5.74) is 7.45. The van der Waals surface area contributed by atoms with Crippen molar-refractivity contribution in [1.29, 1.82) is 0 Å². The lowest BCUT2D eigenvalue weighted by molar-refractivity contribution is 0.178. The Balaban J connectivity index is 2.03. The third-order valence-corrected chi connectivity index (χ3v) is 2.91. The summed E-state index contributed by atoms with van der Waals surface area (Å²) >= 11 is 0. The van der Waals surface area contributed by atoms with Crippen molar-refractivity contribution in [3.63, 3.8) is 0 Å². The summed E-state index contributed by atoms with van der Waals surface area (Å²) in [5, 5.41) is 10.2. The summed E-state index contributed by atoms with van der Waals surface area (Å²) in [6.45, 7) is 3.97. The molecule has 2 aromatic rings. The third-order valence-electron chi connectivity index (χ3n) is 2.91. The van der Waals surface area contributed by atoms with Gasteiger partial charge in [-0.2, -0.15) is 0 Å². The molecule has 3 N–H and O–H groups in total. The molecule has 0 aliphatic heterocycles. The number of hydrogen-bond acceptors (Lipinski definition) is 4. The fourth-order valence-electron chi connectivity index (χ4n) is 2.00. The van der Waals surface area contributed by atoms with Gasteiger partial charge in [0.15, 0.2) is 0 Å². The number of ether oxygens (including phenoxy) is 1. The fourth-order valence-corrected chi connectivity index (χ4v) is 2.00. The Kier molecular flexibility index (Phi) is 4.58. The highest BCUT2D eigenvalue weighted by Crippen LogP contribution is 2.22. The molecule has 0 amide bonds. The van der Waals surface area contributed by atoms with Crippen LogP contribution in [0.5, 0.6) is 5.75 Å². The lowest BCUT2D eigenvalue weighted by Gasteiger charge is -2.13. The van der Waals surface area contributed by atoms with Gasteiger partial charge < -0.3 is 15.6 Å². The Morgan fingerprint density at radius 1 is 1.20 bits per heavy atom. The monoisotopic (exact) mass is 272 g/mol. The van der Waals surface area contributed by atoms with Gasteiger partial charge in [-0.25, -0.2) is 4.98 Å². The molecule has 0 aliphatic rings. The van der Waals surface area contributed by atoms with Crippen LogP contribution in [0.2, 0.25) is 0 Å². The van der Waals surface area contributed by atoms with Crippen molar-refractivity contribution in [2.24, 2.45) is 0 Å². The highest BCUT2D eigenvalue weighted by atomic mass is 16.5. The second kappa shape index (κ2) is 6.39. The summed E-state index contributed by atoms with van der Waals surface area (Å²) in [6.07, 6.45) is 1.74. The molecule has 1 aromatic carbocycles. The maximum atomic E-state index is 10.2. The smallest absolute Gasteiger partial charge is 0.123 e. The molecule has 0 fully saturated rings. The first-order valence-electron chi connectivity index (χ1n) is 6.69. The predicted molar refractivity (Wildman–Crippen MR) is 79.5 cm³/mol. The molecule has 0 aliphatic carbocycles. The highest BCUT2D eigenvalue weighted by Gasteiger charge is 2.09. The number of nitrogens with zero attached hydrogens (tertiary/aromatic N) is 1. The van der Waals surface area contributed by atoms with Crippen molar-refractivity contribution in [2.45, 2.75) is 32.5 Å². The van der Waals surface area contributed by atoms with Crippen molar-refractivity contribution in [1.82, 2.24) is 4.98 Å². The van der Waals surface area contributed by atoms with E-state index >= 15 is 0 Å². The molecular weight excluding hydrogens is 252 g/mol.